The lowest BCUT2D eigenvalue weighted by molar-refractivity contribution is -0.384. The van der Waals surface area contributed by atoms with Gasteiger partial charge < -0.3 is 4.42 Å². The number of nitro groups is 1. The molecule has 0 radical (unpaired) electrons. The molecule has 0 bridgehead atoms. The summed E-state index contributed by atoms with van der Waals surface area (Å²) in [7, 11) is 0. The van der Waals surface area contributed by atoms with Gasteiger partial charge in [0.15, 0.2) is 0 Å². The summed E-state index contributed by atoms with van der Waals surface area (Å²) >= 11 is 12.0. The zero-order chi connectivity index (χ0) is 20.1. The molecule has 9 heteroatoms. The molecule has 3 rings (SSSR count). The summed E-state index contributed by atoms with van der Waals surface area (Å²) in [5.74, 6) is 0.606. The van der Waals surface area contributed by atoms with E-state index in [1.165, 1.54) is 30.5 Å². The third kappa shape index (κ3) is 4.97. The summed E-state index contributed by atoms with van der Waals surface area (Å²) in [6, 6.07) is 14.2. The Morgan fingerprint density at radius 3 is 2.57 bits per heavy atom. The van der Waals surface area contributed by atoms with Crippen LogP contribution in [0.25, 0.3) is 11.3 Å². The highest BCUT2D eigenvalue weighted by Gasteiger charge is 2.09. The number of benzene rings is 2. The average Bonchev–Trinajstić information content (AvgIpc) is 3.10. The van der Waals surface area contributed by atoms with Crippen molar-refractivity contribution >= 4 is 41.0 Å². The maximum absolute atomic E-state index is 11.9. The Kier molecular flexibility index (Phi) is 6.08. The van der Waals surface area contributed by atoms with E-state index in [1.54, 1.807) is 30.3 Å². The van der Waals surface area contributed by atoms with Crippen molar-refractivity contribution < 1.29 is 14.1 Å². The van der Waals surface area contributed by atoms with E-state index < -0.39 is 4.92 Å². The molecule has 0 aliphatic rings. The third-order valence-electron chi connectivity index (χ3n) is 3.72. The van der Waals surface area contributed by atoms with Gasteiger partial charge in [-0.2, -0.15) is 5.10 Å². The van der Waals surface area contributed by atoms with Crippen LogP contribution in [0.4, 0.5) is 5.69 Å². The number of nitrogens with zero attached hydrogens (tertiary/aromatic N) is 2. The van der Waals surface area contributed by atoms with E-state index in [2.05, 4.69) is 10.5 Å². The van der Waals surface area contributed by atoms with Crippen LogP contribution in [0, 0.1) is 10.1 Å². The maximum atomic E-state index is 11.9. The molecule has 0 spiro atoms. The number of carbonyl (C=O) groups excluding carboxylic acids is 1. The first kappa shape index (κ1) is 19.6. The highest BCUT2D eigenvalue weighted by molar-refractivity contribution is 6.36. The summed E-state index contributed by atoms with van der Waals surface area (Å²) in [5, 5.41) is 15.5. The first-order chi connectivity index (χ1) is 13.4. The smallest absolute Gasteiger partial charge is 0.269 e. The van der Waals surface area contributed by atoms with Crippen molar-refractivity contribution in [3.63, 3.8) is 0 Å². The first-order valence-electron chi connectivity index (χ1n) is 8.03. The summed E-state index contributed by atoms with van der Waals surface area (Å²) in [4.78, 5) is 22.0. The van der Waals surface area contributed by atoms with Crippen LogP contribution in [0.5, 0.6) is 0 Å². The van der Waals surface area contributed by atoms with Gasteiger partial charge in [-0.25, -0.2) is 5.43 Å². The van der Waals surface area contributed by atoms with Gasteiger partial charge in [0.25, 0.3) is 5.69 Å². The molecule has 3 aromatic rings. The van der Waals surface area contributed by atoms with E-state index in [0.717, 1.165) is 0 Å². The molecule has 0 fully saturated rings. The molecule has 28 heavy (non-hydrogen) atoms. The number of hydrogen-bond acceptors (Lipinski definition) is 5. The van der Waals surface area contributed by atoms with Crippen LogP contribution >= 0.6 is 23.2 Å². The summed E-state index contributed by atoms with van der Waals surface area (Å²) in [6.45, 7) is 0. The number of nitro benzene ring substituents is 1. The van der Waals surface area contributed by atoms with E-state index >= 15 is 0 Å². The van der Waals surface area contributed by atoms with Gasteiger partial charge in [-0.3, -0.25) is 14.9 Å². The maximum Gasteiger partial charge on any atom is 0.269 e. The number of carbonyl (C=O) groups is 1. The Hall–Kier alpha value is -3.16. The second-order valence-corrected chi connectivity index (χ2v) is 6.56. The number of rotatable bonds is 6. The zero-order valence-corrected chi connectivity index (χ0v) is 15.8. The van der Waals surface area contributed by atoms with Crippen molar-refractivity contribution in [3.8, 4) is 11.3 Å². The normalized spacial score (nSPS) is 10.9. The van der Waals surface area contributed by atoms with E-state index in [-0.39, 0.29) is 18.0 Å². The Morgan fingerprint density at radius 2 is 1.89 bits per heavy atom. The van der Waals surface area contributed by atoms with Gasteiger partial charge in [0, 0.05) is 22.7 Å². The van der Waals surface area contributed by atoms with E-state index in [0.29, 0.717) is 32.7 Å². The van der Waals surface area contributed by atoms with Crippen molar-refractivity contribution in [2.45, 2.75) is 6.42 Å². The molecule has 0 aliphatic carbocycles. The predicted molar refractivity (Wildman–Crippen MR) is 107 cm³/mol. The molecule has 1 amide bonds. The number of non-ortho nitro benzene ring substituents is 1. The summed E-state index contributed by atoms with van der Waals surface area (Å²) < 4.78 is 5.63. The molecular weight excluding hydrogens is 405 g/mol. The topological polar surface area (TPSA) is 97.7 Å². The number of amides is 1. The molecule has 2 aromatic carbocycles. The second-order valence-electron chi connectivity index (χ2n) is 5.72. The lowest BCUT2D eigenvalue weighted by atomic mass is 10.1. The molecular formula is C19H13Cl2N3O4. The van der Waals surface area contributed by atoms with Gasteiger partial charge in [-0.15, -0.1) is 0 Å². The molecule has 1 N–H and O–H groups in total. The quantitative estimate of drug-likeness (QED) is 0.351. The van der Waals surface area contributed by atoms with Crippen LogP contribution in [-0.2, 0) is 11.2 Å². The minimum Gasteiger partial charge on any atom is -0.455 e. The van der Waals surface area contributed by atoms with Gasteiger partial charge in [0.2, 0.25) is 5.91 Å². The molecule has 142 valence electrons. The molecule has 0 unspecified atom stereocenters. The monoisotopic (exact) mass is 417 g/mol. The third-order valence-corrected chi connectivity index (χ3v) is 4.26. The van der Waals surface area contributed by atoms with Gasteiger partial charge in [0.05, 0.1) is 22.6 Å². The standard InChI is InChI=1S/C19H13Cl2N3O4/c20-13-3-7-16(17(21)10-13)18-8-6-15(28-18)11-22-23-19(25)9-12-1-4-14(5-2-12)24(26)27/h1-8,10-11H,9H2,(H,23,25)/b22-11-. The molecule has 1 heterocycles. The van der Waals surface area contributed by atoms with Crippen LogP contribution in [0.2, 0.25) is 10.0 Å². The van der Waals surface area contributed by atoms with Gasteiger partial charge in [-0.1, -0.05) is 35.3 Å². The Morgan fingerprint density at radius 1 is 1.14 bits per heavy atom. The van der Waals surface area contributed by atoms with Crippen LogP contribution in [0.1, 0.15) is 11.3 Å². The minimum atomic E-state index is -0.497. The van der Waals surface area contributed by atoms with Crippen LogP contribution in [-0.4, -0.2) is 17.0 Å². The largest absolute Gasteiger partial charge is 0.455 e. The lowest BCUT2D eigenvalue weighted by Crippen LogP contribution is -2.19. The molecule has 0 atom stereocenters. The number of hydrogen-bond donors (Lipinski definition) is 1. The minimum absolute atomic E-state index is 0.0309. The SMILES string of the molecule is O=C(Cc1ccc([N+](=O)[O-])cc1)N/N=C\c1ccc(-c2ccc(Cl)cc2Cl)o1. The highest BCUT2D eigenvalue weighted by Crippen LogP contribution is 2.31. The number of halogens is 2. The van der Waals surface area contributed by atoms with Crippen molar-refractivity contribution in [1.82, 2.24) is 5.43 Å². The highest BCUT2D eigenvalue weighted by atomic mass is 35.5. The fourth-order valence-electron chi connectivity index (χ4n) is 2.38. The van der Waals surface area contributed by atoms with Gasteiger partial charge in [0.1, 0.15) is 11.5 Å². The summed E-state index contributed by atoms with van der Waals surface area (Å²) in [5.41, 5.74) is 3.67. The fourth-order valence-corrected chi connectivity index (χ4v) is 2.89. The van der Waals surface area contributed by atoms with E-state index in [1.807, 2.05) is 0 Å². The molecule has 0 saturated heterocycles. The van der Waals surface area contributed by atoms with Crippen molar-refractivity contribution in [2.75, 3.05) is 0 Å². The second kappa shape index (κ2) is 8.69. The Bertz CT molecular complexity index is 1050. The van der Waals surface area contributed by atoms with Gasteiger partial charge in [-0.05, 0) is 35.9 Å². The molecule has 1 aromatic heterocycles. The molecule has 0 saturated carbocycles. The van der Waals surface area contributed by atoms with E-state index in [4.69, 9.17) is 27.6 Å². The zero-order valence-electron chi connectivity index (χ0n) is 14.3. The van der Waals surface area contributed by atoms with Crippen LogP contribution < -0.4 is 5.43 Å². The van der Waals surface area contributed by atoms with Gasteiger partial charge >= 0.3 is 0 Å². The summed E-state index contributed by atoms with van der Waals surface area (Å²) in [6.07, 6.45) is 1.40. The number of hydrazone groups is 1. The number of nitrogens with one attached hydrogen (secondary N) is 1. The van der Waals surface area contributed by atoms with Crippen LogP contribution in [0.15, 0.2) is 64.1 Å². The van der Waals surface area contributed by atoms with Crippen LogP contribution in [0.3, 0.4) is 0 Å². The average molecular weight is 418 g/mol. The lowest BCUT2D eigenvalue weighted by Gasteiger charge is -2.01. The Balaban J connectivity index is 1.58. The van der Waals surface area contributed by atoms with E-state index in [9.17, 15) is 14.9 Å². The van der Waals surface area contributed by atoms with Crippen molar-refractivity contribution in [2.24, 2.45) is 5.10 Å². The van der Waals surface area contributed by atoms with Crippen molar-refractivity contribution in [3.05, 3.63) is 86.1 Å². The van der Waals surface area contributed by atoms with Crippen molar-refractivity contribution in [1.29, 1.82) is 0 Å². The number of furan rings is 1. The fraction of sp³-hybridized carbons (Fsp3) is 0.0526. The Labute approximate surface area is 169 Å². The first-order valence-corrected chi connectivity index (χ1v) is 8.78. The predicted octanol–water partition coefficient (Wildman–Crippen LogP) is 4.85. The molecule has 7 nitrogen and oxygen atoms in total. The molecule has 0 aliphatic heterocycles.